The van der Waals surface area contributed by atoms with Crippen molar-refractivity contribution in [1.82, 2.24) is 14.4 Å². The maximum Gasteiger partial charge on any atom is 0.409 e. The summed E-state index contributed by atoms with van der Waals surface area (Å²) in [6.07, 6.45) is 4.10. The fourth-order valence-electron chi connectivity index (χ4n) is 3.39. The van der Waals surface area contributed by atoms with E-state index in [4.69, 9.17) is 4.74 Å². The van der Waals surface area contributed by atoms with Crippen molar-refractivity contribution in [2.45, 2.75) is 26.3 Å². The Kier molecular flexibility index (Phi) is 6.16. The average Bonchev–Trinajstić information content (AvgIpc) is 3.21. The SMILES string of the molecule is CCOC(=O)N1CCN(C(=O)CC(c2ccc(C)cc2)n2cccc2)CC1. The molecule has 0 bridgehead atoms. The molecule has 144 valence electrons. The van der Waals surface area contributed by atoms with E-state index in [-0.39, 0.29) is 18.0 Å². The van der Waals surface area contributed by atoms with E-state index in [0.717, 1.165) is 5.56 Å². The number of piperazine rings is 1. The molecule has 27 heavy (non-hydrogen) atoms. The molecule has 0 radical (unpaired) electrons. The predicted molar refractivity (Wildman–Crippen MR) is 104 cm³/mol. The minimum atomic E-state index is -0.297. The van der Waals surface area contributed by atoms with Crippen molar-refractivity contribution in [2.24, 2.45) is 0 Å². The minimum Gasteiger partial charge on any atom is -0.450 e. The van der Waals surface area contributed by atoms with Gasteiger partial charge < -0.3 is 19.1 Å². The highest BCUT2D eigenvalue weighted by atomic mass is 16.6. The second-order valence-electron chi connectivity index (χ2n) is 6.83. The normalized spacial score (nSPS) is 15.5. The first-order valence-electron chi connectivity index (χ1n) is 9.47. The third-order valence-electron chi connectivity index (χ3n) is 4.98. The van der Waals surface area contributed by atoms with Gasteiger partial charge in [0, 0.05) is 38.6 Å². The smallest absolute Gasteiger partial charge is 0.409 e. The topological polar surface area (TPSA) is 54.8 Å². The molecule has 6 nitrogen and oxygen atoms in total. The van der Waals surface area contributed by atoms with Crippen molar-refractivity contribution in [2.75, 3.05) is 32.8 Å². The number of ether oxygens (including phenoxy) is 1. The van der Waals surface area contributed by atoms with Crippen LogP contribution in [0.4, 0.5) is 4.79 Å². The van der Waals surface area contributed by atoms with Gasteiger partial charge in [-0.3, -0.25) is 4.79 Å². The lowest BCUT2D eigenvalue weighted by atomic mass is 10.0. The second kappa shape index (κ2) is 8.75. The van der Waals surface area contributed by atoms with Gasteiger partial charge in [-0.25, -0.2) is 4.79 Å². The number of aryl methyl sites for hydroxylation is 1. The fourth-order valence-corrected chi connectivity index (χ4v) is 3.39. The Labute approximate surface area is 160 Å². The van der Waals surface area contributed by atoms with Crippen LogP contribution in [-0.2, 0) is 9.53 Å². The molecule has 6 heteroatoms. The molecular weight excluding hydrogens is 342 g/mol. The van der Waals surface area contributed by atoms with Gasteiger partial charge in [-0.2, -0.15) is 0 Å². The van der Waals surface area contributed by atoms with E-state index in [1.807, 2.05) is 29.4 Å². The predicted octanol–water partition coefficient (Wildman–Crippen LogP) is 3.08. The summed E-state index contributed by atoms with van der Waals surface area (Å²) in [5.41, 5.74) is 2.32. The number of rotatable bonds is 5. The molecule has 1 aromatic heterocycles. The molecule has 1 aliphatic rings. The summed E-state index contributed by atoms with van der Waals surface area (Å²) in [4.78, 5) is 28.3. The number of nitrogens with zero attached hydrogens (tertiary/aromatic N) is 3. The van der Waals surface area contributed by atoms with Crippen LogP contribution in [0.1, 0.15) is 30.5 Å². The summed E-state index contributed by atoms with van der Waals surface area (Å²) >= 11 is 0. The average molecular weight is 369 g/mol. The molecule has 0 N–H and O–H groups in total. The summed E-state index contributed by atoms with van der Waals surface area (Å²) in [7, 11) is 0. The van der Waals surface area contributed by atoms with Gasteiger partial charge in [-0.1, -0.05) is 29.8 Å². The minimum absolute atomic E-state index is 0.0313. The van der Waals surface area contributed by atoms with Crippen LogP contribution < -0.4 is 0 Å². The number of benzene rings is 1. The molecule has 1 unspecified atom stereocenters. The Bertz CT molecular complexity index is 747. The monoisotopic (exact) mass is 369 g/mol. The first-order chi connectivity index (χ1) is 13.1. The number of hydrogen-bond acceptors (Lipinski definition) is 3. The van der Waals surface area contributed by atoms with Gasteiger partial charge in [0.1, 0.15) is 0 Å². The van der Waals surface area contributed by atoms with Gasteiger partial charge >= 0.3 is 6.09 Å². The van der Waals surface area contributed by atoms with Crippen LogP contribution >= 0.6 is 0 Å². The highest BCUT2D eigenvalue weighted by molar-refractivity contribution is 5.77. The number of aromatic nitrogens is 1. The molecule has 1 aliphatic heterocycles. The number of carbonyl (C=O) groups is 2. The number of carbonyl (C=O) groups excluding carboxylic acids is 2. The largest absolute Gasteiger partial charge is 0.450 e. The summed E-state index contributed by atoms with van der Waals surface area (Å²) < 4.78 is 7.12. The Morgan fingerprint density at radius 3 is 2.19 bits per heavy atom. The molecule has 0 aliphatic carbocycles. The first kappa shape index (κ1) is 19.0. The highest BCUT2D eigenvalue weighted by Crippen LogP contribution is 2.24. The van der Waals surface area contributed by atoms with E-state index in [9.17, 15) is 9.59 Å². The van der Waals surface area contributed by atoms with Crippen molar-refractivity contribution in [3.05, 3.63) is 59.9 Å². The van der Waals surface area contributed by atoms with E-state index in [2.05, 4.69) is 35.8 Å². The zero-order valence-electron chi connectivity index (χ0n) is 16.0. The zero-order valence-corrected chi connectivity index (χ0v) is 16.0. The van der Waals surface area contributed by atoms with Crippen LogP contribution in [0, 0.1) is 6.92 Å². The van der Waals surface area contributed by atoms with Crippen LogP contribution in [0.15, 0.2) is 48.8 Å². The van der Waals surface area contributed by atoms with Crippen molar-refractivity contribution in [3.8, 4) is 0 Å². The van der Waals surface area contributed by atoms with Crippen molar-refractivity contribution in [3.63, 3.8) is 0 Å². The summed E-state index contributed by atoms with van der Waals surface area (Å²) in [6.45, 7) is 6.35. The van der Waals surface area contributed by atoms with Crippen LogP contribution in [0.5, 0.6) is 0 Å². The maximum atomic E-state index is 12.9. The molecule has 1 aromatic carbocycles. The van der Waals surface area contributed by atoms with Crippen molar-refractivity contribution in [1.29, 1.82) is 0 Å². The van der Waals surface area contributed by atoms with Crippen LogP contribution in [0.2, 0.25) is 0 Å². The van der Waals surface area contributed by atoms with Gasteiger partial charge in [0.05, 0.1) is 19.1 Å². The number of hydrogen-bond donors (Lipinski definition) is 0. The fraction of sp³-hybridized carbons (Fsp3) is 0.429. The summed E-state index contributed by atoms with van der Waals surface area (Å²) in [6, 6.07) is 12.3. The standard InChI is InChI=1S/C21H27N3O3/c1-3-27-21(26)24-14-12-23(13-15-24)20(25)16-19(22-10-4-5-11-22)18-8-6-17(2)7-9-18/h4-11,19H,3,12-16H2,1-2H3. The summed E-state index contributed by atoms with van der Waals surface area (Å²) in [5, 5.41) is 0. The Hall–Kier alpha value is -2.76. The maximum absolute atomic E-state index is 12.9. The zero-order chi connectivity index (χ0) is 19.2. The summed E-state index contributed by atoms with van der Waals surface area (Å²) in [5.74, 6) is 0.109. The highest BCUT2D eigenvalue weighted by Gasteiger charge is 2.27. The van der Waals surface area contributed by atoms with Gasteiger partial charge in [0.25, 0.3) is 0 Å². The third kappa shape index (κ3) is 4.70. The number of amides is 2. The molecule has 2 amide bonds. The van der Waals surface area contributed by atoms with Gasteiger partial charge in [0.15, 0.2) is 0 Å². The molecule has 0 saturated carbocycles. The second-order valence-corrected chi connectivity index (χ2v) is 6.83. The van der Waals surface area contributed by atoms with E-state index in [1.54, 1.807) is 11.8 Å². The van der Waals surface area contributed by atoms with Crippen LogP contribution in [0.25, 0.3) is 0 Å². The van der Waals surface area contributed by atoms with E-state index >= 15 is 0 Å². The van der Waals surface area contributed by atoms with E-state index in [0.29, 0.717) is 39.2 Å². The Morgan fingerprint density at radius 1 is 1.00 bits per heavy atom. The van der Waals surface area contributed by atoms with E-state index in [1.165, 1.54) is 5.56 Å². The van der Waals surface area contributed by atoms with Crippen LogP contribution in [0.3, 0.4) is 0 Å². The molecule has 1 fully saturated rings. The molecule has 3 rings (SSSR count). The van der Waals surface area contributed by atoms with Crippen molar-refractivity contribution < 1.29 is 14.3 Å². The molecule has 1 atom stereocenters. The lowest BCUT2D eigenvalue weighted by molar-refractivity contribution is -0.133. The van der Waals surface area contributed by atoms with E-state index < -0.39 is 0 Å². The molecule has 0 spiro atoms. The Balaban J connectivity index is 1.65. The molecule has 1 saturated heterocycles. The molecular formula is C21H27N3O3. The van der Waals surface area contributed by atoms with Gasteiger partial charge in [0.2, 0.25) is 5.91 Å². The first-order valence-corrected chi connectivity index (χ1v) is 9.47. The quantitative estimate of drug-likeness (QED) is 0.814. The van der Waals surface area contributed by atoms with Gasteiger partial charge in [-0.15, -0.1) is 0 Å². The molecule has 2 heterocycles. The van der Waals surface area contributed by atoms with Crippen LogP contribution in [-0.4, -0.2) is 59.2 Å². The van der Waals surface area contributed by atoms with Gasteiger partial charge in [-0.05, 0) is 31.5 Å². The lowest BCUT2D eigenvalue weighted by Gasteiger charge is -2.35. The molecule has 2 aromatic rings. The lowest BCUT2D eigenvalue weighted by Crippen LogP contribution is -2.51. The Morgan fingerprint density at radius 2 is 1.59 bits per heavy atom. The third-order valence-corrected chi connectivity index (χ3v) is 4.98. The van der Waals surface area contributed by atoms with Crippen molar-refractivity contribution >= 4 is 12.0 Å².